The van der Waals surface area contributed by atoms with Crippen molar-refractivity contribution in [1.29, 1.82) is 0 Å². The lowest BCUT2D eigenvalue weighted by atomic mass is 9.97. The molecule has 4 heteroatoms. The molecule has 1 aliphatic rings. The second-order valence-corrected chi connectivity index (χ2v) is 4.87. The Morgan fingerprint density at radius 2 is 2.16 bits per heavy atom. The van der Waals surface area contributed by atoms with Crippen molar-refractivity contribution < 1.29 is 9.59 Å². The molecule has 102 valence electrons. The van der Waals surface area contributed by atoms with Crippen molar-refractivity contribution in [2.45, 2.75) is 38.5 Å². The first-order chi connectivity index (χ1) is 9.22. The summed E-state index contributed by atoms with van der Waals surface area (Å²) in [5.74, 6) is -0.0276. The van der Waals surface area contributed by atoms with Gasteiger partial charge in [0.05, 0.1) is 5.92 Å². The van der Waals surface area contributed by atoms with Crippen LogP contribution in [0.15, 0.2) is 24.3 Å². The Morgan fingerprint density at radius 3 is 2.95 bits per heavy atom. The molecule has 0 aromatic heterocycles. The van der Waals surface area contributed by atoms with Crippen LogP contribution in [0.25, 0.3) is 0 Å². The fourth-order valence-electron chi connectivity index (χ4n) is 2.34. The van der Waals surface area contributed by atoms with Crippen LogP contribution in [0.2, 0.25) is 0 Å². The number of hydrogen-bond donors (Lipinski definition) is 2. The summed E-state index contributed by atoms with van der Waals surface area (Å²) in [5.41, 5.74) is 1.94. The number of rotatable bonds is 6. The summed E-state index contributed by atoms with van der Waals surface area (Å²) in [6.07, 6.45) is 3.16. The minimum Gasteiger partial charge on any atom is -0.356 e. The van der Waals surface area contributed by atoms with Crippen molar-refractivity contribution in [3.8, 4) is 0 Å². The van der Waals surface area contributed by atoms with E-state index in [0.717, 1.165) is 24.1 Å². The number of benzene rings is 1. The third-order valence-electron chi connectivity index (χ3n) is 3.42. The van der Waals surface area contributed by atoms with Crippen LogP contribution in [0, 0.1) is 0 Å². The molecule has 0 radical (unpaired) electrons. The maximum absolute atomic E-state index is 11.9. The molecule has 0 bridgehead atoms. The van der Waals surface area contributed by atoms with Gasteiger partial charge in [-0.25, -0.2) is 0 Å². The van der Waals surface area contributed by atoms with E-state index >= 15 is 0 Å². The minimum atomic E-state index is -0.136. The molecule has 1 aromatic rings. The molecule has 0 saturated carbocycles. The van der Waals surface area contributed by atoms with Crippen molar-refractivity contribution in [3.05, 3.63) is 29.8 Å². The lowest BCUT2D eigenvalue weighted by Gasteiger charge is -2.09. The highest BCUT2D eigenvalue weighted by Gasteiger charge is 2.29. The van der Waals surface area contributed by atoms with Gasteiger partial charge in [0.15, 0.2) is 0 Å². The average molecular weight is 260 g/mol. The summed E-state index contributed by atoms with van der Waals surface area (Å²) < 4.78 is 0. The summed E-state index contributed by atoms with van der Waals surface area (Å²) in [6.45, 7) is 2.61. The van der Waals surface area contributed by atoms with E-state index in [4.69, 9.17) is 0 Å². The van der Waals surface area contributed by atoms with E-state index in [9.17, 15) is 9.59 Å². The number of carbonyl (C=O) groups is 2. The molecule has 0 aliphatic carbocycles. The van der Waals surface area contributed by atoms with E-state index in [1.165, 1.54) is 0 Å². The molecule has 1 atom stereocenters. The highest BCUT2D eigenvalue weighted by Crippen LogP contribution is 2.33. The van der Waals surface area contributed by atoms with E-state index in [2.05, 4.69) is 17.6 Å². The third kappa shape index (κ3) is 3.34. The van der Waals surface area contributed by atoms with Crippen LogP contribution in [0.1, 0.15) is 44.1 Å². The van der Waals surface area contributed by atoms with E-state index in [-0.39, 0.29) is 17.7 Å². The molecule has 2 amide bonds. The Hall–Kier alpha value is -1.84. The van der Waals surface area contributed by atoms with E-state index in [0.29, 0.717) is 19.4 Å². The SMILES string of the molecule is CCCCC(=O)NCCC1C(=O)Nc2ccccc21. The zero-order valence-electron chi connectivity index (χ0n) is 11.2. The zero-order chi connectivity index (χ0) is 13.7. The molecule has 19 heavy (non-hydrogen) atoms. The molecule has 2 N–H and O–H groups in total. The largest absolute Gasteiger partial charge is 0.356 e. The zero-order valence-corrected chi connectivity index (χ0v) is 11.2. The van der Waals surface area contributed by atoms with Gasteiger partial charge in [0, 0.05) is 18.7 Å². The Labute approximate surface area is 113 Å². The Balaban J connectivity index is 1.83. The number of para-hydroxylation sites is 1. The number of unbranched alkanes of at least 4 members (excludes halogenated alkanes) is 1. The summed E-state index contributed by atoms with van der Waals surface area (Å²) in [5, 5.41) is 5.75. The van der Waals surface area contributed by atoms with Gasteiger partial charge in [-0.05, 0) is 24.5 Å². The average Bonchev–Trinajstić information content (AvgIpc) is 2.73. The first-order valence-electron chi connectivity index (χ1n) is 6.89. The van der Waals surface area contributed by atoms with Crippen molar-refractivity contribution in [1.82, 2.24) is 5.32 Å². The fraction of sp³-hybridized carbons (Fsp3) is 0.467. The predicted molar refractivity (Wildman–Crippen MR) is 75.0 cm³/mol. The Morgan fingerprint density at radius 1 is 1.37 bits per heavy atom. The molecule has 1 aromatic carbocycles. The van der Waals surface area contributed by atoms with Crippen molar-refractivity contribution in [3.63, 3.8) is 0 Å². The van der Waals surface area contributed by atoms with Gasteiger partial charge in [0.25, 0.3) is 0 Å². The molecule has 4 nitrogen and oxygen atoms in total. The summed E-state index contributed by atoms with van der Waals surface area (Å²) in [7, 11) is 0. The fourth-order valence-corrected chi connectivity index (χ4v) is 2.34. The highest BCUT2D eigenvalue weighted by molar-refractivity contribution is 6.02. The normalized spacial score (nSPS) is 16.9. The van der Waals surface area contributed by atoms with Crippen molar-refractivity contribution in [2.24, 2.45) is 0 Å². The second kappa shape index (κ2) is 6.36. The van der Waals surface area contributed by atoms with Gasteiger partial charge < -0.3 is 10.6 Å². The number of carbonyl (C=O) groups excluding carboxylic acids is 2. The third-order valence-corrected chi connectivity index (χ3v) is 3.42. The number of anilines is 1. The van der Waals surface area contributed by atoms with Crippen LogP contribution < -0.4 is 10.6 Å². The minimum absolute atomic E-state index is 0.0315. The van der Waals surface area contributed by atoms with Crippen molar-refractivity contribution in [2.75, 3.05) is 11.9 Å². The molecular formula is C15H20N2O2. The topological polar surface area (TPSA) is 58.2 Å². The van der Waals surface area contributed by atoms with Gasteiger partial charge in [-0.1, -0.05) is 31.5 Å². The quantitative estimate of drug-likeness (QED) is 0.825. The maximum Gasteiger partial charge on any atom is 0.232 e. The molecule has 0 saturated heterocycles. The molecule has 0 fully saturated rings. The van der Waals surface area contributed by atoms with Gasteiger partial charge in [-0.3, -0.25) is 9.59 Å². The smallest absolute Gasteiger partial charge is 0.232 e. The number of fused-ring (bicyclic) bond motifs is 1. The van der Waals surface area contributed by atoms with Gasteiger partial charge in [-0.15, -0.1) is 0 Å². The maximum atomic E-state index is 11.9. The van der Waals surface area contributed by atoms with Crippen LogP contribution in [-0.4, -0.2) is 18.4 Å². The summed E-state index contributed by atoms with van der Waals surface area (Å²) in [6, 6.07) is 7.73. The molecule has 2 rings (SSSR count). The molecule has 0 spiro atoms. The molecule has 1 aliphatic heterocycles. The monoisotopic (exact) mass is 260 g/mol. The van der Waals surface area contributed by atoms with Crippen LogP contribution in [-0.2, 0) is 9.59 Å². The van der Waals surface area contributed by atoms with Gasteiger partial charge >= 0.3 is 0 Å². The van der Waals surface area contributed by atoms with Crippen LogP contribution in [0.3, 0.4) is 0 Å². The second-order valence-electron chi connectivity index (χ2n) is 4.87. The lowest BCUT2D eigenvalue weighted by Crippen LogP contribution is -2.26. The summed E-state index contributed by atoms with van der Waals surface area (Å²) >= 11 is 0. The standard InChI is InChI=1S/C15H20N2O2/c1-2-3-8-14(18)16-10-9-12-11-6-4-5-7-13(11)17-15(12)19/h4-7,12H,2-3,8-10H2,1H3,(H,16,18)(H,17,19). The number of nitrogens with one attached hydrogen (secondary N) is 2. The van der Waals surface area contributed by atoms with E-state index < -0.39 is 0 Å². The van der Waals surface area contributed by atoms with Gasteiger partial charge in [0.2, 0.25) is 11.8 Å². The van der Waals surface area contributed by atoms with Crippen molar-refractivity contribution >= 4 is 17.5 Å². The first kappa shape index (κ1) is 13.6. The first-order valence-corrected chi connectivity index (χ1v) is 6.89. The molecule has 1 unspecified atom stereocenters. The highest BCUT2D eigenvalue weighted by atomic mass is 16.2. The van der Waals surface area contributed by atoms with Gasteiger partial charge in [0.1, 0.15) is 0 Å². The Bertz CT molecular complexity index is 471. The molecular weight excluding hydrogens is 240 g/mol. The predicted octanol–water partition coefficient (Wildman–Crippen LogP) is 2.42. The van der Waals surface area contributed by atoms with E-state index in [1.54, 1.807) is 0 Å². The van der Waals surface area contributed by atoms with E-state index in [1.807, 2.05) is 24.3 Å². The summed E-state index contributed by atoms with van der Waals surface area (Å²) in [4.78, 5) is 23.3. The Kier molecular flexibility index (Phi) is 4.55. The molecule has 1 heterocycles. The van der Waals surface area contributed by atoms with Gasteiger partial charge in [-0.2, -0.15) is 0 Å². The van der Waals surface area contributed by atoms with Crippen LogP contribution in [0.4, 0.5) is 5.69 Å². The number of amides is 2. The van der Waals surface area contributed by atoms with Crippen LogP contribution in [0.5, 0.6) is 0 Å². The lowest BCUT2D eigenvalue weighted by molar-refractivity contribution is -0.121. The van der Waals surface area contributed by atoms with Crippen LogP contribution >= 0.6 is 0 Å². The number of hydrogen-bond acceptors (Lipinski definition) is 2.